The van der Waals surface area contributed by atoms with Crippen LogP contribution in [0.4, 0.5) is 0 Å². The van der Waals surface area contributed by atoms with E-state index in [9.17, 15) is 13.2 Å². The summed E-state index contributed by atoms with van der Waals surface area (Å²) in [5.41, 5.74) is 0.510. The van der Waals surface area contributed by atoms with Gasteiger partial charge < -0.3 is 10.1 Å². The minimum Gasteiger partial charge on any atom is -0.484 e. The number of amides is 1. The molecule has 1 heterocycles. The molecule has 7 heteroatoms. The number of pyridine rings is 1. The van der Waals surface area contributed by atoms with Crippen molar-refractivity contribution in [3.63, 3.8) is 0 Å². The number of carbonyl (C=O) groups excluding carboxylic acids is 1. The van der Waals surface area contributed by atoms with E-state index >= 15 is 0 Å². The van der Waals surface area contributed by atoms with E-state index in [1.165, 1.54) is 6.20 Å². The summed E-state index contributed by atoms with van der Waals surface area (Å²) >= 11 is 0. The van der Waals surface area contributed by atoms with Crippen LogP contribution < -0.4 is 10.1 Å². The molecule has 0 saturated carbocycles. The fourth-order valence-electron chi connectivity index (χ4n) is 2.67. The van der Waals surface area contributed by atoms with Crippen molar-refractivity contribution in [3.05, 3.63) is 90.8 Å². The van der Waals surface area contributed by atoms with E-state index in [0.717, 1.165) is 0 Å². The topological polar surface area (TPSA) is 85.4 Å². The summed E-state index contributed by atoms with van der Waals surface area (Å²) in [5, 5.41) is 1.70. The van der Waals surface area contributed by atoms with Crippen LogP contribution in [0.2, 0.25) is 0 Å². The second kappa shape index (κ2) is 9.14. The van der Waals surface area contributed by atoms with Crippen molar-refractivity contribution in [2.24, 2.45) is 0 Å². The van der Waals surface area contributed by atoms with Crippen molar-refractivity contribution in [1.29, 1.82) is 0 Å². The number of nitrogens with one attached hydrogen (secondary N) is 1. The van der Waals surface area contributed by atoms with E-state index in [0.29, 0.717) is 11.3 Å². The zero-order valence-corrected chi connectivity index (χ0v) is 15.9. The number of benzene rings is 2. The maximum atomic E-state index is 13.1. The van der Waals surface area contributed by atoms with Gasteiger partial charge in [0.15, 0.2) is 16.4 Å². The molecule has 0 aliphatic carbocycles. The average Bonchev–Trinajstić information content (AvgIpc) is 2.74. The predicted octanol–water partition coefficient (Wildman–Crippen LogP) is 2.79. The van der Waals surface area contributed by atoms with Gasteiger partial charge in [-0.2, -0.15) is 0 Å². The lowest BCUT2D eigenvalue weighted by Gasteiger charge is -2.19. The van der Waals surface area contributed by atoms with Crippen LogP contribution in [0.5, 0.6) is 5.75 Å². The Kier molecular flexibility index (Phi) is 6.39. The molecule has 1 amide bonds. The highest BCUT2D eigenvalue weighted by atomic mass is 32.2. The van der Waals surface area contributed by atoms with Crippen molar-refractivity contribution in [1.82, 2.24) is 10.3 Å². The summed E-state index contributed by atoms with van der Waals surface area (Å²) in [6.45, 7) is -0.283. The SMILES string of the molecule is O=C(COc1ccccc1)NCC(c1cccnc1)S(=O)(=O)c1ccccc1. The Morgan fingerprint density at radius 3 is 2.29 bits per heavy atom. The molecule has 1 N–H and O–H groups in total. The van der Waals surface area contributed by atoms with Crippen LogP contribution in [-0.2, 0) is 14.6 Å². The minimum absolute atomic E-state index is 0.0834. The van der Waals surface area contributed by atoms with Gasteiger partial charge in [0.05, 0.1) is 4.90 Å². The molecule has 1 atom stereocenters. The molecule has 144 valence electrons. The zero-order valence-electron chi connectivity index (χ0n) is 15.1. The molecule has 28 heavy (non-hydrogen) atoms. The Labute approximate surface area is 164 Å². The van der Waals surface area contributed by atoms with E-state index < -0.39 is 21.0 Å². The highest BCUT2D eigenvalue weighted by Gasteiger charge is 2.29. The number of carbonyl (C=O) groups is 1. The molecule has 0 aliphatic rings. The number of rotatable bonds is 8. The maximum Gasteiger partial charge on any atom is 0.257 e. The average molecular weight is 396 g/mol. The van der Waals surface area contributed by atoms with Crippen LogP contribution in [0.25, 0.3) is 0 Å². The van der Waals surface area contributed by atoms with Crippen molar-refractivity contribution < 1.29 is 17.9 Å². The minimum atomic E-state index is -3.71. The first kappa shape index (κ1) is 19.6. The van der Waals surface area contributed by atoms with Crippen molar-refractivity contribution in [3.8, 4) is 5.75 Å². The van der Waals surface area contributed by atoms with Crippen molar-refractivity contribution >= 4 is 15.7 Å². The molecule has 6 nitrogen and oxygen atoms in total. The van der Waals surface area contributed by atoms with Gasteiger partial charge >= 0.3 is 0 Å². The molecule has 0 bridgehead atoms. The number of ether oxygens (including phenoxy) is 1. The number of nitrogens with zero attached hydrogens (tertiary/aromatic N) is 1. The smallest absolute Gasteiger partial charge is 0.257 e. The Hall–Kier alpha value is -3.19. The first-order valence-corrected chi connectivity index (χ1v) is 10.3. The fourth-order valence-corrected chi connectivity index (χ4v) is 4.34. The van der Waals surface area contributed by atoms with Gasteiger partial charge in [-0.25, -0.2) is 8.42 Å². The van der Waals surface area contributed by atoms with E-state index in [2.05, 4.69) is 10.3 Å². The number of para-hydroxylation sites is 1. The first-order chi connectivity index (χ1) is 13.6. The highest BCUT2D eigenvalue weighted by Crippen LogP contribution is 2.27. The van der Waals surface area contributed by atoms with E-state index in [-0.39, 0.29) is 18.0 Å². The Morgan fingerprint density at radius 2 is 1.64 bits per heavy atom. The molecule has 2 aromatic carbocycles. The van der Waals surface area contributed by atoms with Gasteiger partial charge in [-0.15, -0.1) is 0 Å². The summed E-state index contributed by atoms with van der Waals surface area (Å²) in [7, 11) is -3.71. The van der Waals surface area contributed by atoms with Gasteiger partial charge in [-0.05, 0) is 35.9 Å². The summed E-state index contributed by atoms with van der Waals surface area (Å²) < 4.78 is 31.6. The normalized spacial score (nSPS) is 12.1. The standard InChI is InChI=1S/C21H20N2O4S/c24-21(16-27-18-9-3-1-4-10-18)23-15-20(17-8-7-13-22-14-17)28(25,26)19-11-5-2-6-12-19/h1-14,20H,15-16H2,(H,23,24). The summed E-state index contributed by atoms with van der Waals surface area (Å²) in [6, 6.07) is 20.5. The third kappa shape index (κ3) is 4.95. The molecule has 1 aromatic heterocycles. The van der Waals surface area contributed by atoms with Gasteiger partial charge in [0.2, 0.25) is 0 Å². The highest BCUT2D eigenvalue weighted by molar-refractivity contribution is 7.91. The van der Waals surface area contributed by atoms with E-state index in [1.54, 1.807) is 72.9 Å². The van der Waals surface area contributed by atoms with Gasteiger partial charge in [-0.3, -0.25) is 9.78 Å². The number of hydrogen-bond acceptors (Lipinski definition) is 5. The van der Waals surface area contributed by atoms with Gasteiger partial charge in [0.25, 0.3) is 5.91 Å². The summed E-state index contributed by atoms with van der Waals surface area (Å²) in [4.78, 5) is 16.4. The largest absolute Gasteiger partial charge is 0.484 e. The van der Waals surface area contributed by atoms with Crippen LogP contribution >= 0.6 is 0 Å². The molecule has 0 radical (unpaired) electrons. The van der Waals surface area contributed by atoms with Crippen LogP contribution in [-0.4, -0.2) is 32.5 Å². The third-order valence-electron chi connectivity index (χ3n) is 4.10. The zero-order chi connectivity index (χ0) is 19.8. The van der Waals surface area contributed by atoms with Gasteiger partial charge in [-0.1, -0.05) is 42.5 Å². The molecule has 0 fully saturated rings. The molecule has 0 spiro atoms. The van der Waals surface area contributed by atoms with E-state index in [1.807, 2.05) is 6.07 Å². The first-order valence-electron chi connectivity index (χ1n) is 8.71. The lowest BCUT2D eigenvalue weighted by atomic mass is 10.2. The fraction of sp³-hybridized carbons (Fsp3) is 0.143. The molecule has 0 saturated heterocycles. The lowest BCUT2D eigenvalue weighted by molar-refractivity contribution is -0.123. The van der Waals surface area contributed by atoms with Crippen LogP contribution in [0.3, 0.4) is 0 Å². The van der Waals surface area contributed by atoms with E-state index in [4.69, 9.17) is 4.74 Å². The second-order valence-corrected chi connectivity index (χ2v) is 8.17. The molecule has 3 rings (SSSR count). The Morgan fingerprint density at radius 1 is 0.964 bits per heavy atom. The third-order valence-corrected chi connectivity index (χ3v) is 6.22. The number of aromatic nitrogens is 1. The Bertz CT molecular complexity index is 994. The van der Waals surface area contributed by atoms with Crippen molar-refractivity contribution in [2.75, 3.05) is 13.2 Å². The molecular weight excluding hydrogens is 376 g/mol. The van der Waals surface area contributed by atoms with Crippen LogP contribution in [0.1, 0.15) is 10.8 Å². The molecular formula is C21H20N2O4S. The molecule has 1 unspecified atom stereocenters. The second-order valence-electron chi connectivity index (χ2n) is 6.04. The van der Waals surface area contributed by atoms with Gasteiger partial charge in [0.1, 0.15) is 11.0 Å². The van der Waals surface area contributed by atoms with Crippen LogP contribution in [0.15, 0.2) is 90.1 Å². The monoisotopic (exact) mass is 396 g/mol. The lowest BCUT2D eigenvalue weighted by Crippen LogP contribution is -2.35. The Balaban J connectivity index is 1.72. The van der Waals surface area contributed by atoms with Crippen molar-refractivity contribution in [2.45, 2.75) is 10.1 Å². The van der Waals surface area contributed by atoms with Gasteiger partial charge in [0, 0.05) is 18.9 Å². The molecule has 0 aliphatic heterocycles. The summed E-state index contributed by atoms with van der Waals surface area (Å²) in [6.07, 6.45) is 3.07. The molecule has 3 aromatic rings. The van der Waals surface area contributed by atoms with Crippen LogP contribution in [0, 0.1) is 0 Å². The maximum absolute atomic E-state index is 13.1. The number of sulfone groups is 1. The quantitative estimate of drug-likeness (QED) is 0.633. The number of hydrogen-bond donors (Lipinski definition) is 1. The summed E-state index contributed by atoms with van der Waals surface area (Å²) in [5.74, 6) is 0.166. The predicted molar refractivity (Wildman–Crippen MR) is 106 cm³/mol.